The van der Waals surface area contributed by atoms with Crippen LogP contribution in [0.25, 0.3) is 0 Å². The van der Waals surface area contributed by atoms with Crippen LogP contribution in [0, 0.1) is 32.5 Å². The third-order valence-electron chi connectivity index (χ3n) is 10.2. The molecule has 46 heavy (non-hydrogen) atoms. The molecule has 2 aliphatic rings. The maximum absolute atomic E-state index is 12.1. The van der Waals surface area contributed by atoms with Crippen LogP contribution in [0.1, 0.15) is 171 Å². The molecular formula is C38H80FeLiO6. The maximum Gasteiger partial charge on any atom is 3.00 e. The third-order valence-corrected chi connectivity index (χ3v) is 10.2. The predicted molar refractivity (Wildman–Crippen MR) is 184 cm³/mol. The Kier molecular flexibility index (Phi) is 28.2. The molecule has 0 atom stereocenters. The minimum absolute atomic E-state index is 0. The van der Waals surface area contributed by atoms with E-state index in [9.17, 15) is 15.3 Å². The van der Waals surface area contributed by atoms with Crippen LogP contribution in [0.3, 0.4) is 0 Å². The largest absolute Gasteiger partial charge is 3.00 e. The van der Waals surface area contributed by atoms with E-state index in [0.29, 0.717) is 0 Å². The van der Waals surface area contributed by atoms with Crippen molar-refractivity contribution in [2.75, 3.05) is 26.4 Å². The number of ether oxygens (including phenoxy) is 2. The monoisotopic (exact) mass is 696 g/mol. The van der Waals surface area contributed by atoms with Crippen molar-refractivity contribution in [3.05, 3.63) is 0 Å². The Morgan fingerprint density at radius 2 is 0.435 bits per heavy atom. The van der Waals surface area contributed by atoms with Gasteiger partial charge in [0.1, 0.15) is 0 Å². The van der Waals surface area contributed by atoms with Gasteiger partial charge in [-0.25, -0.2) is 0 Å². The van der Waals surface area contributed by atoms with Crippen molar-refractivity contribution in [1.29, 1.82) is 0 Å². The van der Waals surface area contributed by atoms with Gasteiger partial charge in [-0.05, 0) is 58.2 Å². The molecule has 0 spiro atoms. The van der Waals surface area contributed by atoms with E-state index in [-0.39, 0.29) is 73.9 Å². The first-order chi connectivity index (χ1) is 18.5. The number of hydrogen-bond donors (Lipinski definition) is 0. The van der Waals surface area contributed by atoms with Gasteiger partial charge >= 0.3 is 35.9 Å². The molecule has 2 saturated heterocycles. The van der Waals surface area contributed by atoms with Crippen LogP contribution in [0.2, 0.25) is 0 Å². The summed E-state index contributed by atoms with van der Waals surface area (Å²) >= 11 is 0. The summed E-state index contributed by atoms with van der Waals surface area (Å²) in [7, 11) is 0. The summed E-state index contributed by atoms with van der Waals surface area (Å²) in [5.41, 5.74) is -3.68. The molecular weight excluding hydrogens is 615 g/mol. The van der Waals surface area contributed by atoms with Crippen molar-refractivity contribution in [1.82, 2.24) is 0 Å². The van der Waals surface area contributed by atoms with Gasteiger partial charge in [0.2, 0.25) is 0 Å². The Labute approximate surface area is 311 Å². The molecule has 0 bridgehead atoms. The standard InChI is InChI=1S/3C10H21O.2C4H8O.Fe.Li.H2O/c3*1-8(2,3)10(7,11)9(4,5)6;2*1-2-4-5-3-1;;;/h3*1-7H3;2*1-4H2;;;1H2/q3*-1;;;+3;+1;/p-1. The van der Waals surface area contributed by atoms with E-state index in [0.717, 1.165) is 26.4 Å². The fourth-order valence-electron chi connectivity index (χ4n) is 4.40. The molecule has 1 N–H and O–H groups in total. The van der Waals surface area contributed by atoms with Crippen molar-refractivity contribution in [3.63, 3.8) is 0 Å². The molecule has 2 heterocycles. The van der Waals surface area contributed by atoms with Crippen molar-refractivity contribution >= 4 is 0 Å². The van der Waals surface area contributed by atoms with Gasteiger partial charge in [0.25, 0.3) is 0 Å². The Morgan fingerprint density at radius 1 is 0.326 bits per heavy atom. The average Bonchev–Trinajstić information content (AvgIpc) is 3.49. The van der Waals surface area contributed by atoms with Gasteiger partial charge in [0, 0.05) is 26.4 Å². The zero-order valence-electron chi connectivity index (χ0n) is 35.0. The topological polar surface area (TPSA) is 118 Å². The summed E-state index contributed by atoms with van der Waals surface area (Å²) in [6.07, 6.45) is 5.11. The second-order valence-electron chi connectivity index (χ2n) is 19.2. The molecule has 6 nitrogen and oxygen atoms in total. The van der Waals surface area contributed by atoms with Gasteiger partial charge in [-0.2, -0.15) is 0 Å². The Hall–Kier alpha value is 0.877. The molecule has 0 aromatic heterocycles. The summed E-state index contributed by atoms with van der Waals surface area (Å²) < 4.78 is 9.89. The zero-order valence-corrected chi connectivity index (χ0v) is 36.1. The SMILES string of the molecule is C1CCOC1.C1CCOC1.CC(C)(C)C(C)([O-])C(C)(C)C.CC(C)(C)C(C)([O-])C(C)(C)C.CC(C)(C)C(C)([O-])C(C)(C)C.[Fe+3].[Li+].[OH-]. The van der Waals surface area contributed by atoms with Crippen LogP contribution in [-0.2, 0) is 26.5 Å². The summed E-state index contributed by atoms with van der Waals surface area (Å²) in [5.74, 6) is 0. The van der Waals surface area contributed by atoms with Crippen LogP contribution in [-0.4, -0.2) is 48.7 Å². The van der Waals surface area contributed by atoms with Crippen LogP contribution < -0.4 is 34.2 Å². The fraction of sp³-hybridized carbons (Fsp3) is 1.00. The minimum Gasteiger partial charge on any atom is -0.870 e. The van der Waals surface area contributed by atoms with E-state index >= 15 is 0 Å². The first-order valence-corrected chi connectivity index (χ1v) is 16.8. The van der Waals surface area contributed by atoms with E-state index in [1.807, 2.05) is 125 Å². The first-order valence-electron chi connectivity index (χ1n) is 16.8. The molecule has 0 aromatic carbocycles. The predicted octanol–water partition coefficient (Wildman–Crippen LogP) is 5.01. The van der Waals surface area contributed by atoms with E-state index in [1.165, 1.54) is 25.7 Å². The van der Waals surface area contributed by atoms with Crippen LogP contribution in [0.5, 0.6) is 0 Å². The van der Waals surface area contributed by atoms with Gasteiger partial charge in [-0.1, -0.05) is 145 Å². The van der Waals surface area contributed by atoms with E-state index in [1.54, 1.807) is 20.8 Å². The molecule has 277 valence electrons. The van der Waals surface area contributed by atoms with Gasteiger partial charge in [-0.15, -0.1) is 16.8 Å². The molecule has 0 aromatic rings. The van der Waals surface area contributed by atoms with Gasteiger partial charge < -0.3 is 30.3 Å². The molecule has 1 radical (unpaired) electrons. The fourth-order valence-corrected chi connectivity index (χ4v) is 4.40. The molecule has 0 aliphatic carbocycles. The van der Waals surface area contributed by atoms with Crippen LogP contribution >= 0.6 is 0 Å². The zero-order chi connectivity index (χ0) is 35.6. The Morgan fingerprint density at radius 3 is 0.457 bits per heavy atom. The molecule has 2 aliphatic heterocycles. The molecule has 0 amide bonds. The average molecular weight is 696 g/mol. The quantitative estimate of drug-likeness (QED) is 0.329. The molecule has 2 rings (SSSR count). The summed E-state index contributed by atoms with van der Waals surface area (Å²) in [6, 6.07) is 0. The summed E-state index contributed by atoms with van der Waals surface area (Å²) in [6.45, 7) is 45.5. The molecule has 8 heteroatoms. The normalized spacial score (nSPS) is 16.2. The van der Waals surface area contributed by atoms with Gasteiger partial charge in [0.15, 0.2) is 0 Å². The van der Waals surface area contributed by atoms with E-state index < -0.39 is 16.8 Å². The summed E-state index contributed by atoms with van der Waals surface area (Å²) in [4.78, 5) is 0. The van der Waals surface area contributed by atoms with Crippen molar-refractivity contribution in [3.8, 4) is 0 Å². The summed E-state index contributed by atoms with van der Waals surface area (Å²) in [5, 5.41) is 36.4. The second-order valence-corrected chi connectivity index (χ2v) is 19.2. The smallest absolute Gasteiger partial charge is 0.870 e. The minimum atomic E-state index is -0.875. The first kappa shape index (κ1) is 59.0. The van der Waals surface area contributed by atoms with Crippen molar-refractivity contribution < 1.29 is 66.2 Å². The Balaban J connectivity index is -0.000000110. The maximum atomic E-state index is 12.1. The van der Waals surface area contributed by atoms with Crippen LogP contribution in [0.15, 0.2) is 0 Å². The van der Waals surface area contributed by atoms with Crippen molar-refractivity contribution in [2.45, 2.75) is 188 Å². The number of hydrogen-bond acceptors (Lipinski definition) is 6. The third kappa shape index (κ3) is 20.5. The molecule has 0 unspecified atom stereocenters. The van der Waals surface area contributed by atoms with Gasteiger partial charge in [-0.3, -0.25) is 0 Å². The van der Waals surface area contributed by atoms with E-state index in [2.05, 4.69) is 0 Å². The van der Waals surface area contributed by atoms with Crippen LogP contribution in [0.4, 0.5) is 0 Å². The molecule has 0 saturated carbocycles. The van der Waals surface area contributed by atoms with E-state index in [4.69, 9.17) is 9.47 Å². The van der Waals surface area contributed by atoms with Gasteiger partial charge in [0.05, 0.1) is 0 Å². The number of rotatable bonds is 0. The Bertz CT molecular complexity index is 571. The van der Waals surface area contributed by atoms with Crippen molar-refractivity contribution in [2.24, 2.45) is 32.5 Å². The molecule has 2 fully saturated rings. The second kappa shape index (κ2) is 22.0.